The van der Waals surface area contributed by atoms with Gasteiger partial charge in [-0.05, 0) is 44.6 Å². The number of nitrogens with one attached hydrogen (secondary N) is 1. The minimum atomic E-state index is 0.132. The highest BCUT2D eigenvalue weighted by atomic mass is 16.1. The van der Waals surface area contributed by atoms with Crippen molar-refractivity contribution in [3.63, 3.8) is 0 Å². The molecule has 106 valence electrons. The van der Waals surface area contributed by atoms with Gasteiger partial charge in [0.2, 0.25) is 5.91 Å². The second-order valence-corrected chi connectivity index (χ2v) is 5.46. The highest BCUT2D eigenvalue weighted by Crippen LogP contribution is 2.29. The highest BCUT2D eigenvalue weighted by molar-refractivity contribution is 5.93. The summed E-state index contributed by atoms with van der Waals surface area (Å²) >= 11 is 0. The van der Waals surface area contributed by atoms with E-state index in [0.717, 1.165) is 50.0 Å². The fraction of sp³-hybridized carbons (Fsp3) is 0.714. The van der Waals surface area contributed by atoms with Gasteiger partial charge in [-0.15, -0.1) is 0 Å². The average Bonchev–Trinajstić information content (AvgIpc) is 2.78. The minimum absolute atomic E-state index is 0.132. The first-order valence-electron chi connectivity index (χ1n) is 7.17. The molecule has 0 spiro atoms. The third kappa shape index (κ3) is 3.35. The zero-order valence-electron chi connectivity index (χ0n) is 11.9. The maximum absolute atomic E-state index is 12.3. The van der Waals surface area contributed by atoms with Crippen LogP contribution in [0.15, 0.2) is 6.20 Å². The van der Waals surface area contributed by atoms with E-state index >= 15 is 0 Å². The summed E-state index contributed by atoms with van der Waals surface area (Å²) in [5.74, 6) is 0.875. The second kappa shape index (κ2) is 6.19. The molecule has 5 nitrogen and oxygen atoms in total. The quantitative estimate of drug-likeness (QED) is 0.869. The Morgan fingerprint density at radius 1 is 1.47 bits per heavy atom. The molecule has 1 fully saturated rings. The summed E-state index contributed by atoms with van der Waals surface area (Å²) in [7, 11) is 1.88. The second-order valence-electron chi connectivity index (χ2n) is 5.46. The Morgan fingerprint density at radius 3 is 2.74 bits per heavy atom. The van der Waals surface area contributed by atoms with Gasteiger partial charge in [0.05, 0.1) is 11.4 Å². The number of hydrogen-bond acceptors (Lipinski definition) is 3. The topological polar surface area (TPSA) is 72.9 Å². The van der Waals surface area contributed by atoms with E-state index in [1.54, 1.807) is 4.68 Å². The van der Waals surface area contributed by atoms with Crippen molar-refractivity contribution >= 4 is 11.6 Å². The summed E-state index contributed by atoms with van der Waals surface area (Å²) < 4.78 is 1.75. The molecule has 0 aromatic carbocycles. The van der Waals surface area contributed by atoms with Crippen LogP contribution in [0.2, 0.25) is 0 Å². The third-order valence-electron chi connectivity index (χ3n) is 4.05. The molecule has 1 aliphatic rings. The molecular weight excluding hydrogens is 240 g/mol. The first-order valence-corrected chi connectivity index (χ1v) is 7.17. The Hall–Kier alpha value is -1.36. The van der Waals surface area contributed by atoms with Crippen LogP contribution >= 0.6 is 0 Å². The molecule has 1 aliphatic carbocycles. The molecule has 0 aliphatic heterocycles. The van der Waals surface area contributed by atoms with Crippen LogP contribution in [0.5, 0.6) is 0 Å². The lowest BCUT2D eigenvalue weighted by Gasteiger charge is -2.26. The number of rotatable bonds is 4. The van der Waals surface area contributed by atoms with Crippen molar-refractivity contribution in [2.24, 2.45) is 24.6 Å². The van der Waals surface area contributed by atoms with Crippen LogP contribution in [0, 0.1) is 11.8 Å². The molecule has 0 bridgehead atoms. The van der Waals surface area contributed by atoms with Crippen molar-refractivity contribution in [2.45, 2.75) is 39.0 Å². The molecule has 5 heteroatoms. The molecule has 19 heavy (non-hydrogen) atoms. The number of carbonyl (C=O) groups excluding carboxylic acids is 1. The fourth-order valence-corrected chi connectivity index (χ4v) is 2.80. The van der Waals surface area contributed by atoms with E-state index < -0.39 is 0 Å². The van der Waals surface area contributed by atoms with Crippen LogP contribution in [0.1, 0.15) is 38.3 Å². The summed E-state index contributed by atoms with van der Waals surface area (Å²) in [6, 6.07) is 0. The van der Waals surface area contributed by atoms with E-state index in [1.165, 1.54) is 0 Å². The van der Waals surface area contributed by atoms with Gasteiger partial charge in [-0.1, -0.05) is 6.92 Å². The van der Waals surface area contributed by atoms with Crippen molar-refractivity contribution in [1.82, 2.24) is 9.78 Å². The Kier molecular flexibility index (Phi) is 4.58. The molecule has 0 atom stereocenters. The third-order valence-corrected chi connectivity index (χ3v) is 4.05. The molecule has 0 unspecified atom stereocenters. The van der Waals surface area contributed by atoms with E-state index in [1.807, 2.05) is 20.2 Å². The van der Waals surface area contributed by atoms with E-state index in [0.29, 0.717) is 5.92 Å². The summed E-state index contributed by atoms with van der Waals surface area (Å²) in [6.07, 6.45) is 6.76. The van der Waals surface area contributed by atoms with E-state index in [4.69, 9.17) is 5.73 Å². The number of aryl methyl sites for hydroxylation is 2. The number of amides is 1. The van der Waals surface area contributed by atoms with Gasteiger partial charge in [0.15, 0.2) is 0 Å². The van der Waals surface area contributed by atoms with Crippen molar-refractivity contribution < 1.29 is 4.79 Å². The van der Waals surface area contributed by atoms with Gasteiger partial charge in [-0.2, -0.15) is 5.10 Å². The lowest BCUT2D eigenvalue weighted by Crippen LogP contribution is -2.29. The molecule has 0 radical (unpaired) electrons. The van der Waals surface area contributed by atoms with Crippen LogP contribution < -0.4 is 11.1 Å². The van der Waals surface area contributed by atoms with Crippen LogP contribution in [-0.4, -0.2) is 22.2 Å². The Labute approximate surface area is 114 Å². The monoisotopic (exact) mass is 264 g/mol. The van der Waals surface area contributed by atoms with Gasteiger partial charge in [0.25, 0.3) is 0 Å². The molecular formula is C14H24N4O. The smallest absolute Gasteiger partial charge is 0.227 e. The number of carbonyl (C=O) groups is 1. The Morgan fingerprint density at radius 2 is 2.16 bits per heavy atom. The van der Waals surface area contributed by atoms with Crippen LogP contribution in [0.4, 0.5) is 5.69 Å². The first kappa shape index (κ1) is 14.1. The fourth-order valence-electron chi connectivity index (χ4n) is 2.80. The summed E-state index contributed by atoms with van der Waals surface area (Å²) in [6.45, 7) is 2.79. The van der Waals surface area contributed by atoms with Gasteiger partial charge in [-0.25, -0.2) is 0 Å². The number of nitrogens with zero attached hydrogens (tertiary/aromatic N) is 2. The van der Waals surface area contributed by atoms with Gasteiger partial charge < -0.3 is 11.1 Å². The summed E-state index contributed by atoms with van der Waals surface area (Å²) in [4.78, 5) is 12.3. The largest absolute Gasteiger partial charge is 0.330 e. The summed E-state index contributed by atoms with van der Waals surface area (Å²) in [5.41, 5.74) is 7.49. The van der Waals surface area contributed by atoms with Crippen molar-refractivity contribution in [3.05, 3.63) is 11.9 Å². The van der Waals surface area contributed by atoms with Crippen LogP contribution in [0.3, 0.4) is 0 Å². The standard InChI is InChI=1S/C14H24N4O/c1-3-12-13(9-18(2)17-12)16-14(19)11-6-4-10(8-15)5-7-11/h9-11H,3-8,15H2,1-2H3,(H,16,19). The van der Waals surface area contributed by atoms with Crippen LogP contribution in [0.25, 0.3) is 0 Å². The highest BCUT2D eigenvalue weighted by Gasteiger charge is 2.26. The van der Waals surface area contributed by atoms with E-state index in [2.05, 4.69) is 10.4 Å². The number of aromatic nitrogens is 2. The predicted molar refractivity (Wildman–Crippen MR) is 75.7 cm³/mol. The lowest BCUT2D eigenvalue weighted by atomic mass is 9.81. The Balaban J connectivity index is 1.94. The van der Waals surface area contributed by atoms with E-state index in [9.17, 15) is 4.79 Å². The first-order chi connectivity index (χ1) is 9.13. The average molecular weight is 264 g/mol. The number of hydrogen-bond donors (Lipinski definition) is 2. The van der Waals surface area contributed by atoms with E-state index in [-0.39, 0.29) is 11.8 Å². The normalized spacial score (nSPS) is 23.3. The summed E-state index contributed by atoms with van der Waals surface area (Å²) in [5, 5.41) is 7.37. The molecule has 1 heterocycles. The number of nitrogens with two attached hydrogens (primary N) is 1. The van der Waals surface area contributed by atoms with Crippen LogP contribution in [-0.2, 0) is 18.3 Å². The maximum atomic E-state index is 12.3. The lowest BCUT2D eigenvalue weighted by molar-refractivity contribution is -0.121. The minimum Gasteiger partial charge on any atom is -0.330 e. The van der Waals surface area contributed by atoms with Gasteiger partial charge in [-0.3, -0.25) is 9.48 Å². The maximum Gasteiger partial charge on any atom is 0.227 e. The van der Waals surface area contributed by atoms with Crippen molar-refractivity contribution in [3.8, 4) is 0 Å². The SMILES string of the molecule is CCc1nn(C)cc1NC(=O)C1CCC(CN)CC1. The van der Waals surface area contributed by atoms with Gasteiger partial charge in [0, 0.05) is 19.2 Å². The molecule has 3 N–H and O–H groups in total. The molecule has 0 saturated heterocycles. The van der Waals surface area contributed by atoms with Crippen molar-refractivity contribution in [1.29, 1.82) is 0 Å². The zero-order chi connectivity index (χ0) is 13.8. The number of anilines is 1. The molecule has 1 saturated carbocycles. The zero-order valence-corrected chi connectivity index (χ0v) is 11.9. The predicted octanol–water partition coefficient (Wildman–Crippen LogP) is 1.69. The van der Waals surface area contributed by atoms with Gasteiger partial charge in [0.1, 0.15) is 0 Å². The molecule has 1 amide bonds. The molecule has 2 rings (SSSR count). The molecule has 1 aromatic rings. The Bertz CT molecular complexity index is 433. The van der Waals surface area contributed by atoms with Gasteiger partial charge >= 0.3 is 0 Å². The van der Waals surface area contributed by atoms with Crippen molar-refractivity contribution in [2.75, 3.05) is 11.9 Å². The molecule has 1 aromatic heterocycles.